The van der Waals surface area contributed by atoms with E-state index in [1.165, 1.54) is 7.11 Å². The number of anilines is 1. The molecule has 2 aromatic carbocycles. The van der Waals surface area contributed by atoms with Crippen molar-refractivity contribution < 1.29 is 14.3 Å². The van der Waals surface area contributed by atoms with Crippen molar-refractivity contribution in [1.29, 1.82) is 0 Å². The summed E-state index contributed by atoms with van der Waals surface area (Å²) in [5.41, 5.74) is 3.06. The lowest BCUT2D eigenvalue weighted by Crippen LogP contribution is -2.48. The van der Waals surface area contributed by atoms with Crippen LogP contribution in [0.5, 0.6) is 5.75 Å². The van der Waals surface area contributed by atoms with Crippen LogP contribution in [0.3, 0.4) is 0 Å². The van der Waals surface area contributed by atoms with Gasteiger partial charge < -0.3 is 14.8 Å². The van der Waals surface area contributed by atoms with Crippen molar-refractivity contribution in [2.45, 2.75) is 17.9 Å². The Labute approximate surface area is 174 Å². The molecule has 1 N–H and O–H groups in total. The van der Waals surface area contributed by atoms with Gasteiger partial charge in [0.15, 0.2) is 5.11 Å². The van der Waals surface area contributed by atoms with Gasteiger partial charge in [-0.25, -0.2) is 4.79 Å². The van der Waals surface area contributed by atoms with E-state index in [0.29, 0.717) is 10.7 Å². The van der Waals surface area contributed by atoms with Crippen molar-refractivity contribution in [3.05, 3.63) is 65.4 Å². The highest BCUT2D eigenvalue weighted by Gasteiger charge is 2.35. The van der Waals surface area contributed by atoms with E-state index in [4.69, 9.17) is 21.7 Å². The van der Waals surface area contributed by atoms with Crippen molar-refractivity contribution in [2.75, 3.05) is 25.4 Å². The smallest absolute Gasteiger partial charge is 0.337 e. The van der Waals surface area contributed by atoms with Crippen LogP contribution in [0.1, 0.15) is 18.5 Å². The number of rotatable bonds is 5. The monoisotopic (exact) mass is 414 g/mol. The maximum absolute atomic E-state index is 12.7. The van der Waals surface area contributed by atoms with Crippen LogP contribution in [0.2, 0.25) is 0 Å². The van der Waals surface area contributed by atoms with E-state index in [1.807, 2.05) is 66.6 Å². The number of benzene rings is 2. The van der Waals surface area contributed by atoms with E-state index in [2.05, 4.69) is 5.32 Å². The molecule has 1 heterocycles. The van der Waals surface area contributed by atoms with Crippen LogP contribution in [-0.4, -0.2) is 31.6 Å². The summed E-state index contributed by atoms with van der Waals surface area (Å²) < 4.78 is 10.3. The molecule has 0 fully saturated rings. The molecular weight excluding hydrogens is 392 g/mol. The first kappa shape index (κ1) is 20.2. The van der Waals surface area contributed by atoms with E-state index >= 15 is 0 Å². The summed E-state index contributed by atoms with van der Waals surface area (Å²) in [6, 6.07) is 15.2. The first-order chi connectivity index (χ1) is 13.5. The van der Waals surface area contributed by atoms with E-state index < -0.39 is 0 Å². The van der Waals surface area contributed by atoms with Crippen molar-refractivity contribution >= 4 is 40.7 Å². The number of hydrogen-bond donors (Lipinski definition) is 1. The molecule has 0 aliphatic carbocycles. The molecule has 28 heavy (non-hydrogen) atoms. The lowest BCUT2D eigenvalue weighted by molar-refractivity contribution is -0.136. The van der Waals surface area contributed by atoms with Crippen LogP contribution < -0.4 is 15.0 Å². The fourth-order valence-electron chi connectivity index (χ4n) is 3.21. The van der Waals surface area contributed by atoms with Crippen LogP contribution in [0.4, 0.5) is 5.69 Å². The third kappa shape index (κ3) is 3.86. The molecule has 0 amide bonds. The molecule has 3 rings (SSSR count). The first-order valence-electron chi connectivity index (χ1n) is 8.67. The zero-order valence-electron chi connectivity index (χ0n) is 16.2. The second-order valence-corrected chi connectivity index (χ2v) is 7.45. The van der Waals surface area contributed by atoms with Gasteiger partial charge in [-0.2, -0.15) is 0 Å². The molecule has 1 aliphatic heterocycles. The number of ether oxygens (including phenoxy) is 2. The molecular formula is C21H22N2O3S2. The molecule has 1 atom stereocenters. The number of thiocarbonyl (C=S) groups is 1. The topological polar surface area (TPSA) is 50.8 Å². The first-order valence-corrected chi connectivity index (χ1v) is 10.3. The molecule has 7 heteroatoms. The van der Waals surface area contributed by atoms with Crippen LogP contribution in [0.15, 0.2) is 64.7 Å². The number of thioether (sulfide) groups is 1. The average Bonchev–Trinajstić information content (AvgIpc) is 2.73. The summed E-state index contributed by atoms with van der Waals surface area (Å²) in [6.45, 7) is 1.88. The number of esters is 1. The molecule has 0 unspecified atom stereocenters. The Morgan fingerprint density at radius 1 is 1.11 bits per heavy atom. The maximum atomic E-state index is 12.7. The van der Waals surface area contributed by atoms with Gasteiger partial charge in [-0.05, 0) is 67.4 Å². The third-order valence-electron chi connectivity index (χ3n) is 4.67. The lowest BCUT2D eigenvalue weighted by atomic mass is 9.95. The van der Waals surface area contributed by atoms with E-state index in [0.717, 1.165) is 27.6 Å². The summed E-state index contributed by atoms with van der Waals surface area (Å²) in [6.07, 6.45) is 2.03. The summed E-state index contributed by atoms with van der Waals surface area (Å²) in [5.74, 6) is 0.367. The van der Waals surface area contributed by atoms with Gasteiger partial charge in [-0.3, -0.25) is 4.90 Å². The van der Waals surface area contributed by atoms with Gasteiger partial charge in [0, 0.05) is 16.3 Å². The van der Waals surface area contributed by atoms with Crippen molar-refractivity contribution in [2.24, 2.45) is 0 Å². The third-order valence-corrected chi connectivity index (χ3v) is 5.71. The van der Waals surface area contributed by atoms with Crippen molar-refractivity contribution in [1.82, 2.24) is 5.32 Å². The molecule has 0 radical (unpaired) electrons. The number of nitrogens with zero attached hydrogens (tertiary/aromatic N) is 1. The van der Waals surface area contributed by atoms with Gasteiger partial charge in [-0.1, -0.05) is 12.1 Å². The van der Waals surface area contributed by atoms with Gasteiger partial charge in [0.2, 0.25) is 0 Å². The summed E-state index contributed by atoms with van der Waals surface area (Å²) >= 11 is 7.31. The second-order valence-electron chi connectivity index (χ2n) is 6.18. The Balaban J connectivity index is 2.07. The van der Waals surface area contributed by atoms with Crippen LogP contribution in [0, 0.1) is 0 Å². The SMILES string of the molecule is COC(=O)C1=C(C)N(c2ccc(OC)cc2)C(=S)N[C@H]1c1ccc(SC)cc1. The van der Waals surface area contributed by atoms with Gasteiger partial charge >= 0.3 is 5.97 Å². The quantitative estimate of drug-likeness (QED) is 0.445. The predicted molar refractivity (Wildman–Crippen MR) is 117 cm³/mol. The van der Waals surface area contributed by atoms with E-state index in [9.17, 15) is 4.79 Å². The summed E-state index contributed by atoms with van der Waals surface area (Å²) in [5, 5.41) is 3.83. The second kappa shape index (κ2) is 8.67. The van der Waals surface area contributed by atoms with Crippen LogP contribution in [0.25, 0.3) is 0 Å². The molecule has 0 spiro atoms. The summed E-state index contributed by atoms with van der Waals surface area (Å²) in [4.78, 5) is 15.6. The van der Waals surface area contributed by atoms with Crippen molar-refractivity contribution in [3.63, 3.8) is 0 Å². The largest absolute Gasteiger partial charge is 0.497 e. The zero-order valence-corrected chi connectivity index (χ0v) is 17.8. The van der Waals surface area contributed by atoms with Crippen LogP contribution in [-0.2, 0) is 9.53 Å². The number of allylic oxidation sites excluding steroid dienone is 1. The standard InChI is InChI=1S/C21H22N2O3S2/c1-13-18(20(24)26-3)19(14-5-11-17(28-4)12-6-14)22-21(27)23(13)15-7-9-16(25-2)10-8-15/h5-12,19H,1-4H3,(H,22,27)/t19-/m0/s1. The molecule has 146 valence electrons. The Kier molecular flexibility index (Phi) is 6.26. The average molecular weight is 415 g/mol. The number of hydrogen-bond acceptors (Lipinski definition) is 5. The minimum absolute atomic E-state index is 0.370. The fourth-order valence-corrected chi connectivity index (χ4v) is 3.97. The Morgan fingerprint density at radius 3 is 2.29 bits per heavy atom. The Morgan fingerprint density at radius 2 is 1.75 bits per heavy atom. The zero-order chi connectivity index (χ0) is 20.3. The van der Waals surface area contributed by atoms with E-state index in [-0.39, 0.29) is 12.0 Å². The minimum atomic E-state index is -0.384. The van der Waals surface area contributed by atoms with Gasteiger partial charge in [-0.15, -0.1) is 11.8 Å². The number of nitrogens with one attached hydrogen (secondary N) is 1. The minimum Gasteiger partial charge on any atom is -0.497 e. The maximum Gasteiger partial charge on any atom is 0.337 e. The Hall–Kier alpha value is -2.51. The van der Waals surface area contributed by atoms with E-state index in [1.54, 1.807) is 18.9 Å². The highest BCUT2D eigenvalue weighted by atomic mass is 32.2. The molecule has 0 bridgehead atoms. The van der Waals surface area contributed by atoms with Gasteiger partial charge in [0.05, 0.1) is 25.8 Å². The molecule has 2 aromatic rings. The molecule has 0 saturated carbocycles. The van der Waals surface area contributed by atoms with Crippen molar-refractivity contribution in [3.8, 4) is 5.75 Å². The fraction of sp³-hybridized carbons (Fsp3) is 0.238. The molecule has 0 saturated heterocycles. The Bertz CT molecular complexity index is 908. The number of carbonyl (C=O) groups excluding carboxylic acids is 1. The van der Waals surface area contributed by atoms with Gasteiger partial charge in [0.25, 0.3) is 0 Å². The lowest BCUT2D eigenvalue weighted by Gasteiger charge is -2.37. The molecule has 0 aromatic heterocycles. The number of carbonyl (C=O) groups is 1. The molecule has 5 nitrogen and oxygen atoms in total. The van der Waals surface area contributed by atoms with Gasteiger partial charge in [0.1, 0.15) is 5.75 Å². The van der Waals surface area contributed by atoms with Crippen LogP contribution >= 0.6 is 24.0 Å². The normalized spacial score (nSPS) is 16.6. The highest BCUT2D eigenvalue weighted by molar-refractivity contribution is 7.98. The predicted octanol–water partition coefficient (Wildman–Crippen LogP) is 4.30. The summed E-state index contributed by atoms with van der Waals surface area (Å²) in [7, 11) is 3.01. The molecule has 1 aliphatic rings. The number of methoxy groups -OCH3 is 2. The highest BCUT2D eigenvalue weighted by Crippen LogP contribution is 2.35.